The maximum absolute atomic E-state index is 13.4. The van der Waals surface area contributed by atoms with Crippen LogP contribution in [0.2, 0.25) is 0 Å². The number of anilines is 1. The van der Waals surface area contributed by atoms with Gasteiger partial charge in [0, 0.05) is 23.3 Å². The van der Waals surface area contributed by atoms with E-state index in [1.54, 1.807) is 6.07 Å². The number of benzene rings is 1. The molecule has 0 amide bonds. The van der Waals surface area contributed by atoms with E-state index in [9.17, 15) is 4.39 Å². The smallest absolute Gasteiger partial charge is 0.124 e. The highest BCUT2D eigenvalue weighted by Gasteiger charge is 2.05. The first-order valence-corrected chi connectivity index (χ1v) is 6.59. The van der Waals surface area contributed by atoms with Gasteiger partial charge in [-0.25, -0.2) is 4.39 Å². The van der Waals surface area contributed by atoms with Crippen molar-refractivity contribution in [3.05, 3.63) is 47.9 Å². The van der Waals surface area contributed by atoms with Crippen molar-refractivity contribution >= 4 is 16.6 Å². The number of ether oxygens (including phenoxy) is 1. The van der Waals surface area contributed by atoms with Gasteiger partial charge in [-0.2, -0.15) is 0 Å². The molecule has 2 aromatic rings. The van der Waals surface area contributed by atoms with Gasteiger partial charge in [0.1, 0.15) is 5.82 Å². The van der Waals surface area contributed by atoms with Gasteiger partial charge in [0.05, 0.1) is 18.7 Å². The molecule has 0 unspecified atom stereocenters. The number of fused-ring (bicyclic) bond motifs is 1. The highest BCUT2D eigenvalue weighted by molar-refractivity contribution is 5.91. The summed E-state index contributed by atoms with van der Waals surface area (Å²) in [4.78, 5) is 4.40. The van der Waals surface area contributed by atoms with Crippen LogP contribution in [0.15, 0.2) is 36.4 Å². The van der Waals surface area contributed by atoms with Crippen molar-refractivity contribution in [1.82, 2.24) is 4.98 Å². The second kappa shape index (κ2) is 6.48. The van der Waals surface area contributed by atoms with E-state index in [0.29, 0.717) is 19.8 Å². The van der Waals surface area contributed by atoms with Crippen LogP contribution in [-0.4, -0.2) is 24.7 Å². The number of nitrogens with one attached hydrogen (secondary N) is 1. The largest absolute Gasteiger partial charge is 0.382 e. The Balaban J connectivity index is 2.08. The Morgan fingerprint density at radius 1 is 1.40 bits per heavy atom. The predicted molar refractivity (Wildman–Crippen MR) is 80.6 cm³/mol. The first-order chi connectivity index (χ1) is 9.56. The Hall–Kier alpha value is -1.94. The molecule has 106 valence electrons. The van der Waals surface area contributed by atoms with Crippen molar-refractivity contribution < 1.29 is 9.13 Å². The van der Waals surface area contributed by atoms with Crippen LogP contribution < -0.4 is 5.32 Å². The second-order valence-corrected chi connectivity index (χ2v) is 4.91. The summed E-state index contributed by atoms with van der Waals surface area (Å²) in [5, 5.41) is 4.06. The van der Waals surface area contributed by atoms with Gasteiger partial charge >= 0.3 is 0 Å². The molecule has 3 nitrogen and oxygen atoms in total. The highest BCUT2D eigenvalue weighted by atomic mass is 19.1. The number of pyridine rings is 1. The Kier molecular flexibility index (Phi) is 4.69. The SMILES string of the molecule is C=C(C)COCCNc1cc(C)nc2ccc(F)cc12. The molecule has 1 heterocycles. The zero-order valence-corrected chi connectivity index (χ0v) is 11.9. The third-order valence-electron chi connectivity index (χ3n) is 2.81. The van der Waals surface area contributed by atoms with Gasteiger partial charge in [-0.05, 0) is 38.1 Å². The van der Waals surface area contributed by atoms with Crippen molar-refractivity contribution in [2.75, 3.05) is 25.1 Å². The Morgan fingerprint density at radius 3 is 2.95 bits per heavy atom. The summed E-state index contributed by atoms with van der Waals surface area (Å²) >= 11 is 0. The molecule has 0 saturated carbocycles. The lowest BCUT2D eigenvalue weighted by Gasteiger charge is -2.11. The number of halogens is 1. The van der Waals surface area contributed by atoms with E-state index < -0.39 is 0 Å². The molecule has 0 bridgehead atoms. The summed E-state index contributed by atoms with van der Waals surface area (Å²) in [6.07, 6.45) is 0. The number of rotatable bonds is 6. The zero-order valence-electron chi connectivity index (χ0n) is 11.9. The molecular formula is C16H19FN2O. The van der Waals surface area contributed by atoms with E-state index in [2.05, 4.69) is 16.9 Å². The number of aryl methyl sites for hydroxylation is 1. The van der Waals surface area contributed by atoms with Gasteiger partial charge in [-0.3, -0.25) is 4.98 Å². The molecule has 0 radical (unpaired) electrons. The summed E-state index contributed by atoms with van der Waals surface area (Å²) < 4.78 is 18.8. The first-order valence-electron chi connectivity index (χ1n) is 6.59. The summed E-state index contributed by atoms with van der Waals surface area (Å²) in [7, 11) is 0. The van der Waals surface area contributed by atoms with Gasteiger partial charge in [0.2, 0.25) is 0 Å². The van der Waals surface area contributed by atoms with E-state index in [1.165, 1.54) is 12.1 Å². The molecule has 0 fully saturated rings. The van der Waals surface area contributed by atoms with E-state index in [4.69, 9.17) is 4.74 Å². The molecule has 0 aliphatic rings. The average Bonchev–Trinajstić information content (AvgIpc) is 2.38. The molecule has 1 aromatic heterocycles. The first kappa shape index (κ1) is 14.5. The summed E-state index contributed by atoms with van der Waals surface area (Å²) in [5.74, 6) is -0.260. The molecule has 0 aliphatic carbocycles. The Morgan fingerprint density at radius 2 is 2.20 bits per heavy atom. The fourth-order valence-electron chi connectivity index (χ4n) is 1.98. The van der Waals surface area contributed by atoms with Crippen molar-refractivity contribution in [3.63, 3.8) is 0 Å². The minimum atomic E-state index is -0.260. The molecule has 0 aliphatic heterocycles. The van der Waals surface area contributed by atoms with Crippen molar-refractivity contribution in [2.24, 2.45) is 0 Å². The Bertz CT molecular complexity index is 625. The fourth-order valence-corrected chi connectivity index (χ4v) is 1.98. The third-order valence-corrected chi connectivity index (χ3v) is 2.81. The number of hydrogen-bond acceptors (Lipinski definition) is 3. The molecule has 1 aromatic carbocycles. The van der Waals surface area contributed by atoms with Crippen LogP contribution >= 0.6 is 0 Å². The van der Waals surface area contributed by atoms with Gasteiger partial charge in [-0.15, -0.1) is 0 Å². The highest BCUT2D eigenvalue weighted by Crippen LogP contribution is 2.23. The molecular weight excluding hydrogens is 255 g/mol. The number of aromatic nitrogens is 1. The molecule has 1 N–H and O–H groups in total. The average molecular weight is 274 g/mol. The predicted octanol–water partition coefficient (Wildman–Crippen LogP) is 3.69. The molecule has 0 atom stereocenters. The van der Waals surface area contributed by atoms with Gasteiger partial charge in [0.25, 0.3) is 0 Å². The van der Waals surface area contributed by atoms with Crippen molar-refractivity contribution in [2.45, 2.75) is 13.8 Å². The zero-order chi connectivity index (χ0) is 14.5. The molecule has 0 spiro atoms. The van der Waals surface area contributed by atoms with Gasteiger partial charge in [-0.1, -0.05) is 12.2 Å². The lowest BCUT2D eigenvalue weighted by Crippen LogP contribution is -2.11. The minimum Gasteiger partial charge on any atom is -0.382 e. The minimum absolute atomic E-state index is 0.260. The van der Waals surface area contributed by atoms with Crippen LogP contribution in [0.4, 0.5) is 10.1 Å². The fraction of sp³-hybridized carbons (Fsp3) is 0.312. The van der Waals surface area contributed by atoms with Crippen LogP contribution in [-0.2, 0) is 4.74 Å². The normalized spacial score (nSPS) is 10.8. The van der Waals surface area contributed by atoms with Gasteiger partial charge in [0.15, 0.2) is 0 Å². The van der Waals surface area contributed by atoms with Crippen LogP contribution in [0.25, 0.3) is 10.9 Å². The molecule has 2 rings (SSSR count). The number of nitrogens with zero attached hydrogens (tertiary/aromatic N) is 1. The van der Waals surface area contributed by atoms with Crippen LogP contribution in [0.5, 0.6) is 0 Å². The monoisotopic (exact) mass is 274 g/mol. The third kappa shape index (κ3) is 3.78. The van der Waals surface area contributed by atoms with Crippen LogP contribution in [0, 0.1) is 12.7 Å². The molecule has 20 heavy (non-hydrogen) atoms. The lowest BCUT2D eigenvalue weighted by molar-refractivity contribution is 0.167. The maximum atomic E-state index is 13.4. The second-order valence-electron chi connectivity index (χ2n) is 4.91. The van der Waals surface area contributed by atoms with Crippen LogP contribution in [0.1, 0.15) is 12.6 Å². The molecule has 0 saturated heterocycles. The van der Waals surface area contributed by atoms with E-state index in [1.807, 2.05) is 19.9 Å². The standard InChI is InChI=1S/C16H19FN2O/c1-11(2)10-20-7-6-18-16-8-12(3)19-15-5-4-13(17)9-14(15)16/h4-5,8-9H,1,6-7,10H2,2-3H3,(H,18,19). The van der Waals surface area contributed by atoms with Crippen LogP contribution in [0.3, 0.4) is 0 Å². The van der Waals surface area contributed by atoms with Crippen molar-refractivity contribution in [1.29, 1.82) is 0 Å². The van der Waals surface area contributed by atoms with E-state index >= 15 is 0 Å². The topological polar surface area (TPSA) is 34.1 Å². The van der Waals surface area contributed by atoms with E-state index in [0.717, 1.165) is 27.9 Å². The summed E-state index contributed by atoms with van der Waals surface area (Å²) in [5.41, 5.74) is 3.56. The van der Waals surface area contributed by atoms with E-state index in [-0.39, 0.29) is 5.82 Å². The summed E-state index contributed by atoms with van der Waals surface area (Å²) in [6.45, 7) is 9.42. The number of hydrogen-bond donors (Lipinski definition) is 1. The van der Waals surface area contributed by atoms with Gasteiger partial charge < -0.3 is 10.1 Å². The lowest BCUT2D eigenvalue weighted by atomic mass is 10.1. The molecule has 4 heteroatoms. The Labute approximate surface area is 118 Å². The quantitative estimate of drug-likeness (QED) is 0.644. The maximum Gasteiger partial charge on any atom is 0.124 e. The summed E-state index contributed by atoms with van der Waals surface area (Å²) in [6, 6.07) is 6.54. The van der Waals surface area contributed by atoms with Crippen molar-refractivity contribution in [3.8, 4) is 0 Å².